The minimum absolute atomic E-state index is 0.0629. The van der Waals surface area contributed by atoms with Gasteiger partial charge in [-0.2, -0.15) is 0 Å². The molecule has 1 atom stereocenters. The zero-order chi connectivity index (χ0) is 15.0. The summed E-state index contributed by atoms with van der Waals surface area (Å²) in [7, 11) is 0. The van der Waals surface area contributed by atoms with E-state index >= 15 is 0 Å². The molecule has 0 unspecified atom stereocenters. The van der Waals surface area contributed by atoms with Crippen LogP contribution in [0, 0.1) is 0 Å². The van der Waals surface area contributed by atoms with E-state index in [0.29, 0.717) is 18.8 Å². The summed E-state index contributed by atoms with van der Waals surface area (Å²) in [5, 5.41) is 13.3. The van der Waals surface area contributed by atoms with Crippen LogP contribution in [0.1, 0.15) is 6.42 Å². The molecule has 1 aromatic carbocycles. The zero-order valence-corrected chi connectivity index (χ0v) is 12.8. The first kappa shape index (κ1) is 13.9. The number of amides is 1. The van der Waals surface area contributed by atoms with Crippen LogP contribution in [0.3, 0.4) is 0 Å². The molecular weight excluding hydrogens is 336 g/mol. The van der Waals surface area contributed by atoms with Crippen LogP contribution in [-0.2, 0) is 0 Å². The smallest absolute Gasteiger partial charge is 0.407 e. The van der Waals surface area contributed by atoms with E-state index in [2.05, 4.69) is 26.2 Å². The summed E-state index contributed by atoms with van der Waals surface area (Å²) in [5.41, 5.74) is 8.27. The van der Waals surface area contributed by atoms with Gasteiger partial charge in [0.25, 0.3) is 0 Å². The number of pyridine rings is 1. The summed E-state index contributed by atoms with van der Waals surface area (Å²) >= 11 is 3.45. The van der Waals surface area contributed by atoms with Crippen LogP contribution in [-0.4, -0.2) is 40.2 Å². The molecule has 7 heteroatoms. The first-order valence-corrected chi connectivity index (χ1v) is 7.42. The van der Waals surface area contributed by atoms with Crippen molar-refractivity contribution in [3.63, 3.8) is 0 Å². The number of aromatic nitrogens is 1. The molecular formula is C14H15BrN4O2. The minimum Gasteiger partial charge on any atom is -0.465 e. The van der Waals surface area contributed by atoms with Crippen molar-refractivity contribution in [2.24, 2.45) is 0 Å². The number of rotatable bonds is 2. The molecule has 2 heterocycles. The van der Waals surface area contributed by atoms with Gasteiger partial charge in [-0.1, -0.05) is 15.9 Å². The first-order chi connectivity index (χ1) is 10.0. The van der Waals surface area contributed by atoms with Crippen molar-refractivity contribution in [1.29, 1.82) is 0 Å². The number of carbonyl (C=O) groups is 1. The van der Waals surface area contributed by atoms with E-state index in [4.69, 9.17) is 10.8 Å². The predicted octanol–water partition coefficient (Wildman–Crippen LogP) is 2.74. The Morgan fingerprint density at radius 1 is 1.52 bits per heavy atom. The number of nitrogens with one attached hydrogen (secondary N) is 1. The number of benzene rings is 1. The Morgan fingerprint density at radius 2 is 2.33 bits per heavy atom. The number of hydrogen-bond donors (Lipinski definition) is 3. The molecule has 0 saturated carbocycles. The van der Waals surface area contributed by atoms with Crippen LogP contribution in [0.5, 0.6) is 0 Å². The number of halogens is 1. The fourth-order valence-corrected chi connectivity index (χ4v) is 2.96. The molecule has 3 rings (SSSR count). The van der Waals surface area contributed by atoms with Crippen LogP contribution in [0.4, 0.5) is 16.2 Å². The molecule has 1 saturated heterocycles. The lowest BCUT2D eigenvalue weighted by molar-refractivity contribution is 0.155. The van der Waals surface area contributed by atoms with E-state index in [-0.39, 0.29) is 6.04 Å². The number of fused-ring (bicyclic) bond motifs is 1. The maximum Gasteiger partial charge on any atom is 0.407 e. The Morgan fingerprint density at radius 3 is 3.05 bits per heavy atom. The van der Waals surface area contributed by atoms with E-state index in [1.165, 1.54) is 4.90 Å². The van der Waals surface area contributed by atoms with Crippen molar-refractivity contribution in [3.8, 4) is 0 Å². The standard InChI is InChI=1S/C14H15BrN4O2/c15-8-1-2-12-10(5-8)13(11(16)6-17-12)18-9-3-4-19(7-9)14(20)21/h1-2,5-6,9H,3-4,7,16H2,(H,17,18)(H,20,21)/t9-/m0/s1. The van der Waals surface area contributed by atoms with Gasteiger partial charge >= 0.3 is 6.09 Å². The third kappa shape index (κ3) is 2.73. The topological polar surface area (TPSA) is 91.5 Å². The number of carboxylic acid groups (broad SMARTS) is 1. The summed E-state index contributed by atoms with van der Waals surface area (Å²) in [4.78, 5) is 16.7. The second-order valence-corrected chi connectivity index (χ2v) is 6.02. The lowest BCUT2D eigenvalue weighted by Gasteiger charge is -2.18. The average molecular weight is 351 g/mol. The van der Waals surface area contributed by atoms with Gasteiger partial charge in [0, 0.05) is 29.0 Å². The number of anilines is 2. The fraction of sp³-hybridized carbons (Fsp3) is 0.286. The summed E-state index contributed by atoms with van der Waals surface area (Å²) < 4.78 is 0.948. The lowest BCUT2D eigenvalue weighted by Crippen LogP contribution is -2.30. The highest BCUT2D eigenvalue weighted by Crippen LogP contribution is 2.31. The molecule has 0 radical (unpaired) electrons. The maximum absolute atomic E-state index is 11.0. The Hall–Kier alpha value is -2.02. The normalized spacial score (nSPS) is 18.1. The van der Waals surface area contributed by atoms with E-state index in [1.807, 2.05) is 18.2 Å². The van der Waals surface area contributed by atoms with Crippen molar-refractivity contribution in [1.82, 2.24) is 9.88 Å². The molecule has 1 amide bonds. The van der Waals surface area contributed by atoms with Gasteiger partial charge in [-0.15, -0.1) is 0 Å². The molecule has 110 valence electrons. The summed E-state index contributed by atoms with van der Waals surface area (Å²) in [6.07, 6.45) is 1.51. The van der Waals surface area contributed by atoms with Gasteiger partial charge in [0.05, 0.1) is 23.1 Å². The minimum atomic E-state index is -0.880. The monoisotopic (exact) mass is 350 g/mol. The number of hydrogen-bond acceptors (Lipinski definition) is 4. The molecule has 4 N–H and O–H groups in total. The summed E-state index contributed by atoms with van der Waals surface area (Å²) in [6.45, 7) is 1.01. The van der Waals surface area contributed by atoms with E-state index < -0.39 is 6.09 Å². The van der Waals surface area contributed by atoms with Crippen LogP contribution in [0.2, 0.25) is 0 Å². The SMILES string of the molecule is Nc1cnc2ccc(Br)cc2c1N[C@H]1CCN(C(=O)O)C1. The molecule has 1 aliphatic rings. The zero-order valence-electron chi connectivity index (χ0n) is 11.2. The predicted molar refractivity (Wildman–Crippen MR) is 85.5 cm³/mol. The Bertz CT molecular complexity index is 701. The van der Waals surface area contributed by atoms with Gasteiger partial charge in [0.1, 0.15) is 0 Å². The van der Waals surface area contributed by atoms with E-state index in [9.17, 15) is 4.79 Å². The van der Waals surface area contributed by atoms with Crippen LogP contribution >= 0.6 is 15.9 Å². The van der Waals surface area contributed by atoms with Gasteiger partial charge in [-0.05, 0) is 24.6 Å². The maximum atomic E-state index is 11.0. The van der Waals surface area contributed by atoms with Gasteiger partial charge in [-0.25, -0.2) is 4.79 Å². The van der Waals surface area contributed by atoms with Crippen molar-refractivity contribution in [3.05, 3.63) is 28.9 Å². The van der Waals surface area contributed by atoms with Crippen LogP contribution < -0.4 is 11.1 Å². The number of likely N-dealkylation sites (tertiary alicyclic amines) is 1. The van der Waals surface area contributed by atoms with Crippen molar-refractivity contribution in [2.75, 3.05) is 24.1 Å². The summed E-state index contributed by atoms with van der Waals surface area (Å²) in [5.74, 6) is 0. The second kappa shape index (κ2) is 5.40. The largest absolute Gasteiger partial charge is 0.465 e. The van der Waals surface area contributed by atoms with Crippen LogP contribution in [0.15, 0.2) is 28.9 Å². The van der Waals surface area contributed by atoms with Crippen molar-refractivity contribution >= 4 is 44.3 Å². The van der Waals surface area contributed by atoms with E-state index in [0.717, 1.165) is 27.5 Å². The molecule has 6 nitrogen and oxygen atoms in total. The second-order valence-electron chi connectivity index (χ2n) is 5.11. The molecule has 1 aliphatic heterocycles. The Balaban J connectivity index is 1.92. The number of nitrogens with two attached hydrogens (primary N) is 1. The number of nitrogens with zero attached hydrogens (tertiary/aromatic N) is 2. The third-order valence-corrected chi connectivity index (χ3v) is 4.16. The van der Waals surface area contributed by atoms with Crippen molar-refractivity contribution < 1.29 is 9.90 Å². The molecule has 1 fully saturated rings. The molecule has 0 bridgehead atoms. The Kier molecular flexibility index (Phi) is 3.59. The molecule has 1 aromatic heterocycles. The van der Waals surface area contributed by atoms with Crippen LogP contribution in [0.25, 0.3) is 10.9 Å². The number of nitrogen functional groups attached to an aromatic ring is 1. The first-order valence-electron chi connectivity index (χ1n) is 6.63. The van der Waals surface area contributed by atoms with E-state index in [1.54, 1.807) is 6.20 Å². The molecule has 21 heavy (non-hydrogen) atoms. The third-order valence-electron chi connectivity index (χ3n) is 3.67. The highest BCUT2D eigenvalue weighted by molar-refractivity contribution is 9.10. The summed E-state index contributed by atoms with van der Waals surface area (Å²) in [6, 6.07) is 5.87. The molecule has 2 aromatic rings. The Labute approximate surface area is 130 Å². The quantitative estimate of drug-likeness (QED) is 0.774. The molecule has 0 spiro atoms. The van der Waals surface area contributed by atoms with Gasteiger partial charge in [-0.3, -0.25) is 4.98 Å². The fourth-order valence-electron chi connectivity index (χ4n) is 2.60. The van der Waals surface area contributed by atoms with Gasteiger partial charge < -0.3 is 21.1 Å². The lowest BCUT2D eigenvalue weighted by atomic mass is 10.1. The molecule has 0 aliphatic carbocycles. The van der Waals surface area contributed by atoms with Crippen molar-refractivity contribution in [2.45, 2.75) is 12.5 Å². The highest BCUT2D eigenvalue weighted by atomic mass is 79.9. The van der Waals surface area contributed by atoms with Gasteiger partial charge in [0.15, 0.2) is 0 Å². The highest BCUT2D eigenvalue weighted by Gasteiger charge is 2.26. The average Bonchev–Trinajstić information content (AvgIpc) is 2.91. The van der Waals surface area contributed by atoms with Gasteiger partial charge in [0.2, 0.25) is 0 Å².